The van der Waals surface area contributed by atoms with Crippen molar-refractivity contribution in [2.75, 3.05) is 5.32 Å². The van der Waals surface area contributed by atoms with E-state index in [0.29, 0.717) is 29.8 Å². The van der Waals surface area contributed by atoms with Crippen molar-refractivity contribution in [1.82, 2.24) is 23.5 Å². The Balaban J connectivity index is 0.00000304. The number of nitrogens with one attached hydrogen (secondary N) is 1. The Morgan fingerprint density at radius 3 is 2.33 bits per heavy atom. The van der Waals surface area contributed by atoms with E-state index in [0.717, 1.165) is 16.9 Å². The van der Waals surface area contributed by atoms with Crippen LogP contribution < -0.4 is 16.6 Å². The van der Waals surface area contributed by atoms with Gasteiger partial charge in [0.2, 0.25) is 0 Å². The van der Waals surface area contributed by atoms with E-state index in [2.05, 4.69) is 24.3 Å². The molecule has 8 heteroatoms. The highest BCUT2D eigenvalue weighted by Gasteiger charge is 2.20. The predicted octanol–water partition coefficient (Wildman–Crippen LogP) is 4.77. The van der Waals surface area contributed by atoms with Gasteiger partial charge in [-0.25, -0.2) is 9.48 Å². The van der Waals surface area contributed by atoms with Crippen LogP contribution in [0.3, 0.4) is 0 Å². The van der Waals surface area contributed by atoms with Crippen LogP contribution in [-0.2, 0) is 20.1 Å². The van der Waals surface area contributed by atoms with E-state index in [-0.39, 0.29) is 24.6 Å². The van der Waals surface area contributed by atoms with Crippen LogP contribution in [0.5, 0.6) is 0 Å². The second-order valence-electron chi connectivity index (χ2n) is 9.13. The van der Waals surface area contributed by atoms with Gasteiger partial charge in [-0.05, 0) is 41.8 Å². The molecule has 2 aromatic carbocycles. The van der Waals surface area contributed by atoms with Crippen LogP contribution in [-0.4, -0.2) is 23.5 Å². The van der Waals surface area contributed by atoms with Gasteiger partial charge in [0.25, 0.3) is 5.56 Å². The lowest BCUT2D eigenvalue weighted by molar-refractivity contribution is 0.502. The van der Waals surface area contributed by atoms with E-state index < -0.39 is 0 Å². The molecule has 3 aromatic heterocycles. The molecule has 0 fully saturated rings. The molecular weight excluding hydrogens is 452 g/mol. The standard InChI is InChI=1S/C27H28N6O2.CH4/c1-19(2)16-32-23-18-31(17-20-10-12-22(13-11-20)33-15-7-14-28-33)25(29-21-8-5-4-6-9-21)24(23)26(34)30(3)27(32)35;/h4-15,18-19,29H,16-17H2,1-3H3;1H4. The number of anilines is 2. The first-order valence-electron chi connectivity index (χ1n) is 11.7. The molecule has 0 radical (unpaired) electrons. The number of nitrogens with zero attached hydrogens (tertiary/aromatic N) is 5. The van der Waals surface area contributed by atoms with Crippen molar-refractivity contribution in [3.63, 3.8) is 0 Å². The zero-order chi connectivity index (χ0) is 24.5. The molecule has 0 spiro atoms. The van der Waals surface area contributed by atoms with Crippen molar-refractivity contribution < 1.29 is 0 Å². The number of aromatic nitrogens is 5. The molecule has 3 heterocycles. The van der Waals surface area contributed by atoms with Gasteiger partial charge in [0.1, 0.15) is 11.2 Å². The fourth-order valence-corrected chi connectivity index (χ4v) is 4.33. The van der Waals surface area contributed by atoms with E-state index in [1.807, 2.05) is 82.3 Å². The van der Waals surface area contributed by atoms with Gasteiger partial charge in [-0.1, -0.05) is 51.6 Å². The molecule has 0 aliphatic heterocycles. The Morgan fingerprint density at radius 1 is 0.972 bits per heavy atom. The quantitative estimate of drug-likeness (QED) is 0.361. The molecule has 0 aliphatic carbocycles. The van der Waals surface area contributed by atoms with E-state index in [4.69, 9.17) is 0 Å². The lowest BCUT2D eigenvalue weighted by Crippen LogP contribution is -2.38. The Morgan fingerprint density at radius 2 is 1.69 bits per heavy atom. The summed E-state index contributed by atoms with van der Waals surface area (Å²) in [4.78, 5) is 26.3. The molecule has 1 N–H and O–H groups in total. The predicted molar refractivity (Wildman–Crippen MR) is 145 cm³/mol. The van der Waals surface area contributed by atoms with Crippen LogP contribution >= 0.6 is 0 Å². The number of fused-ring (bicyclic) bond motifs is 1. The van der Waals surface area contributed by atoms with E-state index in [1.54, 1.807) is 17.8 Å². The van der Waals surface area contributed by atoms with E-state index in [9.17, 15) is 9.59 Å². The minimum atomic E-state index is -0.309. The highest BCUT2D eigenvalue weighted by atomic mass is 16.2. The third kappa shape index (κ3) is 4.62. The summed E-state index contributed by atoms with van der Waals surface area (Å²) in [6.45, 7) is 5.17. The molecular formula is C28H32N6O2. The monoisotopic (exact) mass is 484 g/mol. The molecule has 0 saturated carbocycles. The number of hydrogen-bond acceptors (Lipinski definition) is 4. The fraction of sp³-hybridized carbons (Fsp3) is 0.250. The van der Waals surface area contributed by atoms with Crippen LogP contribution in [0, 0.1) is 5.92 Å². The van der Waals surface area contributed by atoms with Crippen LogP contribution in [0.4, 0.5) is 11.5 Å². The number of para-hydroxylation sites is 1. The van der Waals surface area contributed by atoms with Crippen LogP contribution in [0.25, 0.3) is 16.6 Å². The van der Waals surface area contributed by atoms with Crippen LogP contribution in [0.1, 0.15) is 26.8 Å². The van der Waals surface area contributed by atoms with Crippen molar-refractivity contribution in [3.05, 3.63) is 106 Å². The molecule has 5 aromatic rings. The maximum atomic E-state index is 13.3. The second kappa shape index (κ2) is 10.1. The minimum absolute atomic E-state index is 0. The second-order valence-corrected chi connectivity index (χ2v) is 9.13. The van der Waals surface area contributed by atoms with Crippen molar-refractivity contribution in [2.45, 2.75) is 34.4 Å². The Labute approximate surface area is 210 Å². The van der Waals surface area contributed by atoms with Crippen molar-refractivity contribution >= 4 is 22.4 Å². The summed E-state index contributed by atoms with van der Waals surface area (Å²) in [5.41, 5.74) is 2.93. The fourth-order valence-electron chi connectivity index (χ4n) is 4.33. The average Bonchev–Trinajstić information content (AvgIpc) is 3.51. The van der Waals surface area contributed by atoms with Gasteiger partial charge < -0.3 is 9.88 Å². The summed E-state index contributed by atoms with van der Waals surface area (Å²) in [6.07, 6.45) is 5.56. The van der Waals surface area contributed by atoms with Crippen LogP contribution in [0.15, 0.2) is 88.8 Å². The number of rotatable bonds is 7. The molecule has 0 aliphatic rings. The molecule has 0 amide bonds. The maximum absolute atomic E-state index is 13.3. The summed E-state index contributed by atoms with van der Waals surface area (Å²) in [5.74, 6) is 0.914. The van der Waals surface area contributed by atoms with Gasteiger partial charge in [-0.3, -0.25) is 13.9 Å². The molecule has 0 bridgehead atoms. The molecule has 186 valence electrons. The molecule has 0 atom stereocenters. The lowest BCUT2D eigenvalue weighted by atomic mass is 10.2. The van der Waals surface area contributed by atoms with Crippen molar-refractivity contribution in [2.24, 2.45) is 13.0 Å². The first kappa shape index (κ1) is 24.8. The summed E-state index contributed by atoms with van der Waals surface area (Å²) in [7, 11) is 1.54. The Bertz CT molecular complexity index is 1570. The summed E-state index contributed by atoms with van der Waals surface area (Å²) in [5, 5.41) is 8.22. The molecule has 8 nitrogen and oxygen atoms in total. The molecule has 0 saturated heterocycles. The zero-order valence-corrected chi connectivity index (χ0v) is 20.0. The van der Waals surface area contributed by atoms with Gasteiger partial charge in [0.05, 0.1) is 11.2 Å². The number of benzene rings is 2. The van der Waals surface area contributed by atoms with Gasteiger partial charge in [-0.2, -0.15) is 5.10 Å². The van der Waals surface area contributed by atoms with Gasteiger partial charge in [0.15, 0.2) is 0 Å². The zero-order valence-electron chi connectivity index (χ0n) is 20.0. The van der Waals surface area contributed by atoms with E-state index >= 15 is 0 Å². The third-order valence-corrected chi connectivity index (χ3v) is 6.03. The highest BCUT2D eigenvalue weighted by Crippen LogP contribution is 2.27. The summed E-state index contributed by atoms with van der Waals surface area (Å²) < 4.78 is 6.72. The summed E-state index contributed by atoms with van der Waals surface area (Å²) >= 11 is 0. The Kier molecular flexibility index (Phi) is 6.96. The van der Waals surface area contributed by atoms with Crippen LogP contribution in [0.2, 0.25) is 0 Å². The SMILES string of the molecule is C.CC(C)Cn1c(=O)n(C)c(=O)c2c(Nc3ccccc3)n(Cc3ccc(-n4cccn4)cc3)cc21. The van der Waals surface area contributed by atoms with Crippen molar-refractivity contribution in [1.29, 1.82) is 0 Å². The topological polar surface area (TPSA) is 78.8 Å². The average molecular weight is 485 g/mol. The lowest BCUT2D eigenvalue weighted by Gasteiger charge is -2.13. The molecule has 36 heavy (non-hydrogen) atoms. The van der Waals surface area contributed by atoms with Gasteiger partial charge in [0, 0.05) is 44.4 Å². The van der Waals surface area contributed by atoms with Gasteiger partial charge in [-0.15, -0.1) is 0 Å². The molecule has 0 unspecified atom stereocenters. The highest BCUT2D eigenvalue weighted by molar-refractivity contribution is 5.92. The van der Waals surface area contributed by atoms with Crippen molar-refractivity contribution in [3.8, 4) is 5.69 Å². The Hall–Kier alpha value is -4.33. The summed E-state index contributed by atoms with van der Waals surface area (Å²) in [6, 6.07) is 19.8. The number of hydrogen-bond donors (Lipinski definition) is 1. The smallest absolute Gasteiger partial charge is 0.331 e. The van der Waals surface area contributed by atoms with E-state index in [1.165, 1.54) is 4.57 Å². The first-order valence-corrected chi connectivity index (χ1v) is 11.7. The largest absolute Gasteiger partial charge is 0.341 e. The normalized spacial score (nSPS) is 11.1. The minimum Gasteiger partial charge on any atom is -0.341 e. The third-order valence-electron chi connectivity index (χ3n) is 6.03. The van der Waals surface area contributed by atoms with Gasteiger partial charge >= 0.3 is 5.69 Å². The first-order chi connectivity index (χ1) is 16.9. The maximum Gasteiger partial charge on any atom is 0.331 e. The molecule has 5 rings (SSSR count).